The molecule has 1 unspecified atom stereocenters. The van der Waals surface area contributed by atoms with Crippen LogP contribution in [0.1, 0.15) is 6.42 Å². The molecule has 2 heterocycles. The van der Waals surface area contributed by atoms with Gasteiger partial charge in [-0.15, -0.1) is 11.3 Å². The first-order valence-corrected chi connectivity index (χ1v) is 9.43. The van der Waals surface area contributed by atoms with Gasteiger partial charge in [-0.1, -0.05) is 0 Å². The molecule has 6 nitrogen and oxygen atoms in total. The number of morpholine rings is 1. The molecule has 0 aliphatic carbocycles. The van der Waals surface area contributed by atoms with Gasteiger partial charge >= 0.3 is 5.97 Å². The zero-order valence-electron chi connectivity index (χ0n) is 10.1. The summed E-state index contributed by atoms with van der Waals surface area (Å²) < 4.78 is 32.9. The number of sulfonamides is 1. The van der Waals surface area contributed by atoms with Crippen molar-refractivity contribution in [2.24, 2.45) is 0 Å². The highest BCUT2D eigenvalue weighted by molar-refractivity contribution is 9.12. The fourth-order valence-electron chi connectivity index (χ4n) is 1.95. The third kappa shape index (κ3) is 3.42. The first-order chi connectivity index (χ1) is 9.32. The molecule has 2 rings (SSSR count). The molecule has 1 saturated heterocycles. The monoisotopic (exact) mass is 447 g/mol. The predicted molar refractivity (Wildman–Crippen MR) is 80.5 cm³/mol. The smallest absolute Gasteiger partial charge is 0.305 e. The van der Waals surface area contributed by atoms with Crippen LogP contribution >= 0.6 is 43.2 Å². The minimum absolute atomic E-state index is 0.0917. The Balaban J connectivity index is 2.35. The van der Waals surface area contributed by atoms with Crippen LogP contribution in [0.4, 0.5) is 0 Å². The second-order valence-corrected chi connectivity index (χ2v) is 9.74. The second kappa shape index (κ2) is 6.41. The molecule has 1 aromatic rings. The van der Waals surface area contributed by atoms with Crippen molar-refractivity contribution >= 4 is 59.2 Å². The fourth-order valence-corrected chi connectivity index (χ4v) is 7.30. The number of aliphatic carboxylic acids is 1. The van der Waals surface area contributed by atoms with Crippen LogP contribution in [0.25, 0.3) is 0 Å². The van der Waals surface area contributed by atoms with Crippen LogP contribution in [-0.2, 0) is 19.6 Å². The Morgan fingerprint density at radius 2 is 2.25 bits per heavy atom. The van der Waals surface area contributed by atoms with Gasteiger partial charge in [-0.05, 0) is 37.9 Å². The van der Waals surface area contributed by atoms with Crippen LogP contribution in [0.3, 0.4) is 0 Å². The molecule has 1 aromatic heterocycles. The summed E-state index contributed by atoms with van der Waals surface area (Å²) in [5.74, 6) is -1.05. The minimum atomic E-state index is -3.74. The Labute approximate surface area is 137 Å². The van der Waals surface area contributed by atoms with Crippen molar-refractivity contribution in [2.75, 3.05) is 19.8 Å². The lowest BCUT2D eigenvalue weighted by molar-refractivity contribution is -0.139. The molecular weight excluding hydrogens is 438 g/mol. The van der Waals surface area contributed by atoms with E-state index in [2.05, 4.69) is 31.9 Å². The molecule has 0 saturated carbocycles. The highest BCUT2D eigenvalue weighted by Gasteiger charge is 2.36. The molecule has 0 radical (unpaired) electrons. The van der Waals surface area contributed by atoms with E-state index in [9.17, 15) is 13.2 Å². The molecular formula is C10H11Br2NO5S2. The number of ether oxygens (including phenoxy) is 1. The van der Waals surface area contributed by atoms with E-state index in [4.69, 9.17) is 9.84 Å². The van der Waals surface area contributed by atoms with Crippen molar-refractivity contribution in [3.05, 3.63) is 13.6 Å². The largest absolute Gasteiger partial charge is 0.481 e. The normalized spacial score (nSPS) is 21.0. The number of rotatable bonds is 4. The molecule has 0 aromatic carbocycles. The van der Waals surface area contributed by atoms with Gasteiger partial charge in [-0.2, -0.15) is 4.31 Å². The van der Waals surface area contributed by atoms with Crippen LogP contribution in [0.2, 0.25) is 0 Å². The second-order valence-electron chi connectivity index (χ2n) is 4.13. The predicted octanol–water partition coefficient (Wildman–Crippen LogP) is 2.14. The zero-order chi connectivity index (χ0) is 14.9. The number of carboxylic acid groups (broad SMARTS) is 1. The van der Waals surface area contributed by atoms with Gasteiger partial charge in [-0.25, -0.2) is 8.42 Å². The average molecular weight is 449 g/mol. The summed E-state index contributed by atoms with van der Waals surface area (Å²) in [5.41, 5.74) is 0. The number of halogens is 2. The molecule has 1 aliphatic heterocycles. The van der Waals surface area contributed by atoms with Gasteiger partial charge in [0.1, 0.15) is 4.90 Å². The summed E-state index contributed by atoms with van der Waals surface area (Å²) in [6.07, 6.45) is -0.276. The minimum Gasteiger partial charge on any atom is -0.481 e. The molecule has 0 bridgehead atoms. The lowest BCUT2D eigenvalue weighted by Gasteiger charge is -2.33. The van der Waals surface area contributed by atoms with E-state index in [1.54, 1.807) is 0 Å². The van der Waals surface area contributed by atoms with E-state index >= 15 is 0 Å². The van der Waals surface area contributed by atoms with Crippen molar-refractivity contribution < 1.29 is 23.1 Å². The van der Waals surface area contributed by atoms with Crippen molar-refractivity contribution in [1.82, 2.24) is 4.31 Å². The summed E-state index contributed by atoms with van der Waals surface area (Å²) in [7, 11) is -3.74. The van der Waals surface area contributed by atoms with Crippen molar-refractivity contribution in [3.63, 3.8) is 0 Å². The number of nitrogens with zero attached hydrogens (tertiary/aromatic N) is 1. The van der Waals surface area contributed by atoms with Crippen LogP contribution in [0, 0.1) is 0 Å². The number of thiophene rings is 1. The first kappa shape index (κ1) is 16.4. The standard InChI is InChI=1S/C10H11Br2NO5S2/c11-8-4-7(10(12)19-8)20(16,17)13-1-2-18-5-6(13)3-9(14)15/h4,6H,1-3,5H2,(H,14,15). The molecule has 10 heteroatoms. The number of carbonyl (C=O) groups is 1. The maximum absolute atomic E-state index is 12.6. The van der Waals surface area contributed by atoms with Gasteiger partial charge in [0.25, 0.3) is 0 Å². The number of hydrogen-bond donors (Lipinski definition) is 1. The lowest BCUT2D eigenvalue weighted by atomic mass is 10.2. The maximum atomic E-state index is 12.6. The van der Waals surface area contributed by atoms with Gasteiger partial charge in [-0.3, -0.25) is 4.79 Å². The summed E-state index contributed by atoms with van der Waals surface area (Å²) in [6, 6.07) is 0.828. The quantitative estimate of drug-likeness (QED) is 0.762. The van der Waals surface area contributed by atoms with Gasteiger partial charge in [0.2, 0.25) is 10.0 Å². The van der Waals surface area contributed by atoms with E-state index in [0.29, 0.717) is 7.57 Å². The number of carboxylic acids is 1. The summed E-state index contributed by atoms with van der Waals surface area (Å²) >= 11 is 7.72. The molecule has 1 fully saturated rings. The molecule has 1 N–H and O–H groups in total. The molecule has 112 valence electrons. The Bertz CT molecular complexity index is 615. The summed E-state index contributed by atoms with van der Waals surface area (Å²) in [6.45, 7) is 0.507. The molecule has 1 aliphatic rings. The average Bonchev–Trinajstić information content (AvgIpc) is 2.69. The van der Waals surface area contributed by atoms with Crippen LogP contribution in [0.15, 0.2) is 18.5 Å². The van der Waals surface area contributed by atoms with Crippen LogP contribution < -0.4 is 0 Å². The van der Waals surface area contributed by atoms with Gasteiger partial charge < -0.3 is 9.84 Å². The Morgan fingerprint density at radius 3 is 2.80 bits per heavy atom. The van der Waals surface area contributed by atoms with E-state index in [1.165, 1.54) is 21.7 Å². The maximum Gasteiger partial charge on any atom is 0.305 e. The highest BCUT2D eigenvalue weighted by Crippen LogP contribution is 2.37. The topological polar surface area (TPSA) is 83.9 Å². The van der Waals surface area contributed by atoms with Gasteiger partial charge in [0.15, 0.2) is 0 Å². The van der Waals surface area contributed by atoms with E-state index in [-0.39, 0.29) is 31.1 Å². The molecule has 0 spiro atoms. The van der Waals surface area contributed by atoms with Gasteiger partial charge in [0.05, 0.1) is 33.2 Å². The Hall–Kier alpha value is -0.000000000000000333. The van der Waals surface area contributed by atoms with E-state index in [0.717, 1.165) is 0 Å². The summed E-state index contributed by atoms with van der Waals surface area (Å²) in [4.78, 5) is 11.0. The third-order valence-corrected chi connectivity index (χ3v) is 7.50. The SMILES string of the molecule is O=C(O)CC1COCCN1S(=O)(=O)c1cc(Br)sc1Br. The number of hydrogen-bond acceptors (Lipinski definition) is 5. The van der Waals surface area contributed by atoms with Crippen LogP contribution in [0.5, 0.6) is 0 Å². The van der Waals surface area contributed by atoms with E-state index < -0.39 is 22.0 Å². The first-order valence-electron chi connectivity index (χ1n) is 5.58. The lowest BCUT2D eigenvalue weighted by Crippen LogP contribution is -2.49. The molecule has 1 atom stereocenters. The van der Waals surface area contributed by atoms with Crippen molar-refractivity contribution in [2.45, 2.75) is 17.4 Å². The van der Waals surface area contributed by atoms with E-state index in [1.807, 2.05) is 0 Å². The van der Waals surface area contributed by atoms with Crippen LogP contribution in [-0.4, -0.2) is 49.6 Å². The zero-order valence-corrected chi connectivity index (χ0v) is 14.9. The third-order valence-electron chi connectivity index (χ3n) is 2.80. The van der Waals surface area contributed by atoms with Crippen molar-refractivity contribution in [3.8, 4) is 0 Å². The fraction of sp³-hybridized carbons (Fsp3) is 0.500. The van der Waals surface area contributed by atoms with Gasteiger partial charge in [0, 0.05) is 6.54 Å². The molecule has 0 amide bonds. The Kier molecular flexibility index (Phi) is 5.24. The summed E-state index contributed by atoms with van der Waals surface area (Å²) in [5, 5.41) is 8.89. The Morgan fingerprint density at radius 1 is 1.55 bits per heavy atom. The molecule has 20 heavy (non-hydrogen) atoms. The van der Waals surface area contributed by atoms with Crippen molar-refractivity contribution in [1.29, 1.82) is 0 Å². The highest BCUT2D eigenvalue weighted by atomic mass is 79.9.